The maximum Gasteiger partial charge on any atom is 0.239 e. The summed E-state index contributed by atoms with van der Waals surface area (Å²) in [5.41, 5.74) is 0. The second-order valence-electron chi connectivity index (χ2n) is 4.12. The molecule has 2 heterocycles. The quantitative estimate of drug-likeness (QED) is 0.678. The van der Waals surface area contributed by atoms with Crippen molar-refractivity contribution in [2.24, 2.45) is 0 Å². The number of carbonyl (C=O) groups is 1. The molecular formula is C10H18N2O2. The van der Waals surface area contributed by atoms with Crippen molar-refractivity contribution >= 4 is 5.91 Å². The van der Waals surface area contributed by atoms with Gasteiger partial charge in [-0.3, -0.25) is 4.79 Å². The Bertz CT molecular complexity index is 208. The summed E-state index contributed by atoms with van der Waals surface area (Å²) < 4.78 is 5.28. The van der Waals surface area contributed by atoms with Crippen molar-refractivity contribution in [2.75, 3.05) is 26.8 Å². The van der Waals surface area contributed by atoms with E-state index in [4.69, 9.17) is 4.74 Å². The monoisotopic (exact) mass is 198 g/mol. The van der Waals surface area contributed by atoms with Gasteiger partial charge in [0.2, 0.25) is 5.91 Å². The molecule has 4 nitrogen and oxygen atoms in total. The maximum atomic E-state index is 11.9. The van der Waals surface area contributed by atoms with Crippen molar-refractivity contribution in [1.82, 2.24) is 10.2 Å². The van der Waals surface area contributed by atoms with Crippen molar-refractivity contribution in [2.45, 2.75) is 31.3 Å². The van der Waals surface area contributed by atoms with Gasteiger partial charge in [0.05, 0.1) is 18.7 Å². The number of nitrogens with one attached hydrogen (secondary N) is 1. The minimum absolute atomic E-state index is 0.0561. The molecule has 2 rings (SSSR count). The molecule has 2 atom stereocenters. The third-order valence-corrected chi connectivity index (χ3v) is 3.16. The van der Waals surface area contributed by atoms with E-state index in [-0.39, 0.29) is 11.9 Å². The van der Waals surface area contributed by atoms with E-state index in [1.807, 2.05) is 11.9 Å². The Morgan fingerprint density at radius 1 is 1.50 bits per heavy atom. The Balaban J connectivity index is 1.89. The zero-order chi connectivity index (χ0) is 9.97. The number of carbonyl (C=O) groups excluding carboxylic acids is 1. The first-order valence-corrected chi connectivity index (χ1v) is 5.37. The molecule has 0 saturated carbocycles. The first kappa shape index (κ1) is 9.93. The van der Waals surface area contributed by atoms with Crippen LogP contribution in [0, 0.1) is 0 Å². The Kier molecular flexibility index (Phi) is 3.03. The van der Waals surface area contributed by atoms with Crippen LogP contribution in [-0.2, 0) is 9.53 Å². The Morgan fingerprint density at radius 2 is 2.36 bits per heavy atom. The van der Waals surface area contributed by atoms with Gasteiger partial charge in [-0.15, -0.1) is 0 Å². The van der Waals surface area contributed by atoms with Crippen LogP contribution in [0.5, 0.6) is 0 Å². The van der Waals surface area contributed by atoms with Crippen LogP contribution >= 0.6 is 0 Å². The van der Waals surface area contributed by atoms with E-state index in [9.17, 15) is 4.79 Å². The van der Waals surface area contributed by atoms with Crippen molar-refractivity contribution in [1.29, 1.82) is 0 Å². The lowest BCUT2D eigenvalue weighted by atomic mass is 10.1. The number of hydrogen-bond donors (Lipinski definition) is 1. The largest absolute Gasteiger partial charge is 0.379 e. The van der Waals surface area contributed by atoms with Crippen LogP contribution in [0.3, 0.4) is 0 Å². The van der Waals surface area contributed by atoms with Crippen molar-refractivity contribution in [3.8, 4) is 0 Å². The summed E-state index contributed by atoms with van der Waals surface area (Å²) >= 11 is 0. The average Bonchev–Trinajstić information content (AvgIpc) is 2.87. The topological polar surface area (TPSA) is 41.6 Å². The van der Waals surface area contributed by atoms with Crippen LogP contribution in [-0.4, -0.2) is 49.7 Å². The average molecular weight is 198 g/mol. The zero-order valence-electron chi connectivity index (χ0n) is 8.66. The van der Waals surface area contributed by atoms with E-state index >= 15 is 0 Å². The number of likely N-dealkylation sites (N-methyl/N-ethyl adjacent to an activating group) is 1. The number of ether oxygens (including phenoxy) is 1. The molecule has 0 bridgehead atoms. The predicted octanol–water partition coefficient (Wildman–Crippen LogP) is -0.0143. The van der Waals surface area contributed by atoms with E-state index in [0.29, 0.717) is 12.6 Å². The summed E-state index contributed by atoms with van der Waals surface area (Å²) in [4.78, 5) is 13.8. The first-order chi connectivity index (χ1) is 6.79. The minimum atomic E-state index is 0.0561. The highest BCUT2D eigenvalue weighted by Gasteiger charge is 2.30. The van der Waals surface area contributed by atoms with Crippen molar-refractivity contribution in [3.63, 3.8) is 0 Å². The molecule has 2 aliphatic heterocycles. The van der Waals surface area contributed by atoms with Gasteiger partial charge in [-0.25, -0.2) is 0 Å². The molecule has 80 valence electrons. The van der Waals surface area contributed by atoms with Crippen molar-refractivity contribution in [3.05, 3.63) is 0 Å². The van der Waals surface area contributed by atoms with Gasteiger partial charge in [-0.2, -0.15) is 0 Å². The number of rotatable bonds is 2. The highest BCUT2D eigenvalue weighted by Crippen LogP contribution is 2.14. The van der Waals surface area contributed by atoms with E-state index in [2.05, 4.69) is 5.32 Å². The van der Waals surface area contributed by atoms with Gasteiger partial charge < -0.3 is 15.0 Å². The molecule has 0 aromatic heterocycles. The molecule has 14 heavy (non-hydrogen) atoms. The van der Waals surface area contributed by atoms with E-state index in [1.54, 1.807) is 0 Å². The molecule has 1 amide bonds. The fourth-order valence-corrected chi connectivity index (χ4v) is 2.15. The standard InChI is InChI=1S/C10H18N2O2/c1-12(8-4-6-14-7-8)10(13)9-3-2-5-11-9/h8-9,11H,2-7H2,1H3/t8?,9-/m0/s1. The molecule has 0 aliphatic carbocycles. The predicted molar refractivity (Wildman–Crippen MR) is 53.0 cm³/mol. The summed E-state index contributed by atoms with van der Waals surface area (Å²) in [5.74, 6) is 0.234. The van der Waals surface area contributed by atoms with Gasteiger partial charge in [0.1, 0.15) is 0 Å². The van der Waals surface area contributed by atoms with Crippen LogP contribution in [0.4, 0.5) is 0 Å². The van der Waals surface area contributed by atoms with Crippen LogP contribution in [0.1, 0.15) is 19.3 Å². The van der Waals surface area contributed by atoms with Gasteiger partial charge in [0, 0.05) is 13.7 Å². The van der Waals surface area contributed by atoms with Gasteiger partial charge >= 0.3 is 0 Å². The van der Waals surface area contributed by atoms with Gasteiger partial charge in [-0.1, -0.05) is 0 Å². The molecule has 2 fully saturated rings. The zero-order valence-corrected chi connectivity index (χ0v) is 8.66. The fourth-order valence-electron chi connectivity index (χ4n) is 2.15. The molecule has 2 aliphatic rings. The molecule has 0 spiro atoms. The smallest absolute Gasteiger partial charge is 0.239 e. The summed E-state index contributed by atoms with van der Waals surface area (Å²) in [6.45, 7) is 2.47. The van der Waals surface area contributed by atoms with Gasteiger partial charge in [0.25, 0.3) is 0 Å². The minimum Gasteiger partial charge on any atom is -0.379 e. The van der Waals surface area contributed by atoms with Gasteiger partial charge in [-0.05, 0) is 25.8 Å². The van der Waals surface area contributed by atoms with Crippen LogP contribution in [0.25, 0.3) is 0 Å². The molecular weight excluding hydrogens is 180 g/mol. The SMILES string of the molecule is CN(C(=O)[C@@H]1CCCN1)C1CCOC1. The van der Waals surface area contributed by atoms with Crippen LogP contribution < -0.4 is 5.32 Å². The first-order valence-electron chi connectivity index (χ1n) is 5.37. The summed E-state index contributed by atoms with van der Waals surface area (Å²) in [6, 6.07) is 0.352. The molecule has 4 heteroatoms. The summed E-state index contributed by atoms with van der Waals surface area (Å²) in [5, 5.41) is 3.23. The lowest BCUT2D eigenvalue weighted by Gasteiger charge is -2.26. The Labute approximate surface area is 84.6 Å². The molecule has 0 aromatic rings. The van der Waals surface area contributed by atoms with E-state index in [0.717, 1.165) is 32.4 Å². The Morgan fingerprint density at radius 3 is 2.93 bits per heavy atom. The molecule has 1 N–H and O–H groups in total. The highest BCUT2D eigenvalue weighted by molar-refractivity contribution is 5.82. The molecule has 0 radical (unpaired) electrons. The molecule has 0 aromatic carbocycles. The number of amides is 1. The fraction of sp³-hybridized carbons (Fsp3) is 0.900. The third-order valence-electron chi connectivity index (χ3n) is 3.16. The maximum absolute atomic E-state index is 11.9. The van der Waals surface area contributed by atoms with Crippen LogP contribution in [0.2, 0.25) is 0 Å². The number of hydrogen-bond acceptors (Lipinski definition) is 3. The van der Waals surface area contributed by atoms with Crippen molar-refractivity contribution < 1.29 is 9.53 Å². The second kappa shape index (κ2) is 4.28. The van der Waals surface area contributed by atoms with Gasteiger partial charge in [0.15, 0.2) is 0 Å². The lowest BCUT2D eigenvalue weighted by Crippen LogP contribution is -2.46. The van der Waals surface area contributed by atoms with E-state index in [1.165, 1.54) is 0 Å². The second-order valence-corrected chi connectivity index (χ2v) is 4.12. The summed E-state index contributed by atoms with van der Waals surface area (Å²) in [6.07, 6.45) is 3.08. The third kappa shape index (κ3) is 1.91. The van der Waals surface area contributed by atoms with Crippen LogP contribution in [0.15, 0.2) is 0 Å². The lowest BCUT2D eigenvalue weighted by molar-refractivity contribution is -0.133. The number of nitrogens with zero attached hydrogens (tertiary/aromatic N) is 1. The molecule has 1 unspecified atom stereocenters. The highest BCUT2D eigenvalue weighted by atomic mass is 16.5. The summed E-state index contributed by atoms with van der Waals surface area (Å²) in [7, 11) is 1.89. The molecule has 2 saturated heterocycles. The Hall–Kier alpha value is -0.610. The normalized spacial score (nSPS) is 32.1. The van der Waals surface area contributed by atoms with E-state index < -0.39 is 0 Å².